The van der Waals surface area contributed by atoms with Crippen LogP contribution in [0.4, 0.5) is 11.6 Å². The smallest absolute Gasteiger partial charge is 0.243 e. The Kier molecular flexibility index (Phi) is 7.81. The summed E-state index contributed by atoms with van der Waals surface area (Å²) in [5.41, 5.74) is 1.14. The van der Waals surface area contributed by atoms with Gasteiger partial charge in [-0.3, -0.25) is 9.69 Å². The molecule has 32 heavy (non-hydrogen) atoms. The van der Waals surface area contributed by atoms with Gasteiger partial charge < -0.3 is 10.2 Å². The summed E-state index contributed by atoms with van der Waals surface area (Å²) in [6.07, 6.45) is 3.45. The molecule has 0 unspecified atom stereocenters. The van der Waals surface area contributed by atoms with Gasteiger partial charge in [0.2, 0.25) is 21.9 Å². The van der Waals surface area contributed by atoms with Gasteiger partial charge in [-0.15, -0.1) is 0 Å². The van der Waals surface area contributed by atoms with Crippen molar-refractivity contribution < 1.29 is 13.2 Å². The van der Waals surface area contributed by atoms with Crippen molar-refractivity contribution in [1.82, 2.24) is 19.2 Å². The number of amides is 1. The summed E-state index contributed by atoms with van der Waals surface area (Å²) in [4.78, 5) is 25.9. The van der Waals surface area contributed by atoms with Gasteiger partial charge in [-0.1, -0.05) is 19.9 Å². The van der Waals surface area contributed by atoms with E-state index in [1.165, 1.54) is 4.31 Å². The summed E-state index contributed by atoms with van der Waals surface area (Å²) < 4.78 is 27.4. The zero-order valence-electron chi connectivity index (χ0n) is 19.2. The molecule has 1 atom stereocenters. The summed E-state index contributed by atoms with van der Waals surface area (Å²) in [6.45, 7) is 10.9. The first-order chi connectivity index (χ1) is 15.3. The highest BCUT2D eigenvalue weighted by Crippen LogP contribution is 2.24. The van der Waals surface area contributed by atoms with Gasteiger partial charge in [-0.2, -0.15) is 4.31 Å². The Morgan fingerprint density at radius 3 is 2.34 bits per heavy atom. The van der Waals surface area contributed by atoms with Gasteiger partial charge >= 0.3 is 0 Å². The zero-order valence-corrected chi connectivity index (χ0v) is 20.0. The standard InChI is InChI=1S/C22H32N6O3S/c1-5-28(6-2)32(30,31)20-16-19(9-8-17(20)3)25-21(29)18(4)26-12-14-27(15-13-26)22-23-10-7-11-24-22/h7-11,16,18H,5-6,12-15H2,1-4H3,(H,25,29)/t18-/m0/s1. The van der Waals surface area contributed by atoms with Crippen molar-refractivity contribution in [3.8, 4) is 0 Å². The number of benzene rings is 1. The third kappa shape index (κ3) is 5.25. The average Bonchev–Trinajstić information content (AvgIpc) is 2.81. The second-order valence-corrected chi connectivity index (χ2v) is 9.71. The first kappa shape index (κ1) is 24.1. The molecule has 1 aliphatic rings. The molecule has 0 aliphatic carbocycles. The van der Waals surface area contributed by atoms with E-state index in [-0.39, 0.29) is 16.8 Å². The fourth-order valence-corrected chi connectivity index (χ4v) is 5.54. The number of hydrogen-bond acceptors (Lipinski definition) is 7. The fraction of sp³-hybridized carbons (Fsp3) is 0.500. The Morgan fingerprint density at radius 1 is 1.12 bits per heavy atom. The minimum absolute atomic E-state index is 0.163. The lowest BCUT2D eigenvalue weighted by atomic mass is 10.2. The Hall–Kier alpha value is -2.56. The highest BCUT2D eigenvalue weighted by atomic mass is 32.2. The van der Waals surface area contributed by atoms with Crippen LogP contribution in [0.3, 0.4) is 0 Å². The van der Waals surface area contributed by atoms with Gasteiger partial charge in [0.05, 0.1) is 10.9 Å². The topological polar surface area (TPSA) is 98.7 Å². The predicted octanol–water partition coefficient (Wildman–Crippen LogP) is 1.96. The van der Waals surface area contributed by atoms with Crippen LogP contribution in [-0.4, -0.2) is 78.8 Å². The highest BCUT2D eigenvalue weighted by Gasteiger charge is 2.28. The average molecular weight is 461 g/mol. The van der Waals surface area contributed by atoms with Crippen LogP contribution in [0, 0.1) is 6.92 Å². The molecule has 0 radical (unpaired) electrons. The molecule has 1 aromatic heterocycles. The van der Waals surface area contributed by atoms with E-state index < -0.39 is 10.0 Å². The summed E-state index contributed by atoms with van der Waals surface area (Å²) in [6, 6.07) is 6.47. The van der Waals surface area contributed by atoms with Crippen molar-refractivity contribution >= 4 is 27.6 Å². The van der Waals surface area contributed by atoms with E-state index >= 15 is 0 Å². The molecular weight excluding hydrogens is 428 g/mol. The van der Waals surface area contributed by atoms with Crippen molar-refractivity contribution in [2.45, 2.75) is 38.6 Å². The van der Waals surface area contributed by atoms with Crippen LogP contribution in [-0.2, 0) is 14.8 Å². The third-order valence-electron chi connectivity index (χ3n) is 5.86. The molecule has 174 valence electrons. The SMILES string of the molecule is CCN(CC)S(=O)(=O)c1cc(NC(=O)[C@H](C)N2CCN(c3ncccn3)CC2)ccc1C. The molecule has 3 rings (SSSR count). The van der Waals surface area contributed by atoms with Crippen LogP contribution in [0.25, 0.3) is 0 Å². The number of sulfonamides is 1. The van der Waals surface area contributed by atoms with Crippen LogP contribution in [0.2, 0.25) is 0 Å². The first-order valence-corrected chi connectivity index (χ1v) is 12.4. The Morgan fingerprint density at radius 2 is 1.75 bits per heavy atom. The molecule has 1 saturated heterocycles. The summed E-state index contributed by atoms with van der Waals surface area (Å²) in [7, 11) is -3.61. The number of nitrogens with zero attached hydrogens (tertiary/aromatic N) is 5. The highest BCUT2D eigenvalue weighted by molar-refractivity contribution is 7.89. The van der Waals surface area contributed by atoms with Crippen molar-refractivity contribution in [1.29, 1.82) is 0 Å². The number of nitrogens with one attached hydrogen (secondary N) is 1. The molecule has 0 saturated carbocycles. The molecule has 1 amide bonds. The second-order valence-electron chi connectivity index (χ2n) is 7.81. The minimum atomic E-state index is -3.61. The van der Waals surface area contributed by atoms with Crippen molar-refractivity contribution in [2.75, 3.05) is 49.5 Å². The zero-order chi connectivity index (χ0) is 23.3. The van der Waals surface area contributed by atoms with Crippen molar-refractivity contribution in [3.63, 3.8) is 0 Å². The first-order valence-electron chi connectivity index (χ1n) is 11.0. The monoisotopic (exact) mass is 460 g/mol. The maximum Gasteiger partial charge on any atom is 0.243 e. The minimum Gasteiger partial charge on any atom is -0.338 e. The predicted molar refractivity (Wildman–Crippen MR) is 125 cm³/mol. The van der Waals surface area contributed by atoms with E-state index in [4.69, 9.17) is 0 Å². The number of carbonyl (C=O) groups is 1. The molecule has 9 nitrogen and oxygen atoms in total. The molecule has 1 aliphatic heterocycles. The van der Waals surface area contributed by atoms with Crippen LogP contribution in [0.15, 0.2) is 41.6 Å². The van der Waals surface area contributed by atoms with Gasteiger partial charge in [0.25, 0.3) is 0 Å². The molecule has 0 spiro atoms. The van der Waals surface area contributed by atoms with E-state index in [0.717, 1.165) is 13.1 Å². The molecule has 1 fully saturated rings. The molecule has 2 aromatic rings. The number of piperazine rings is 1. The third-order valence-corrected chi connectivity index (χ3v) is 8.05. The molecule has 1 N–H and O–H groups in total. The number of aromatic nitrogens is 2. The summed E-state index contributed by atoms with van der Waals surface area (Å²) in [5.74, 6) is 0.537. The van der Waals surface area contributed by atoms with Crippen molar-refractivity contribution in [2.24, 2.45) is 0 Å². The van der Waals surface area contributed by atoms with Crippen LogP contribution in [0.1, 0.15) is 26.3 Å². The second kappa shape index (κ2) is 10.4. The number of anilines is 2. The molecular formula is C22H32N6O3S. The number of aryl methyl sites for hydroxylation is 1. The van der Waals surface area contributed by atoms with E-state index in [2.05, 4.69) is 25.1 Å². The summed E-state index contributed by atoms with van der Waals surface area (Å²) >= 11 is 0. The van der Waals surface area contributed by atoms with E-state index in [1.54, 1.807) is 43.6 Å². The van der Waals surface area contributed by atoms with Crippen LogP contribution < -0.4 is 10.2 Å². The van der Waals surface area contributed by atoms with Gasteiger partial charge in [-0.05, 0) is 37.6 Å². The fourth-order valence-electron chi connectivity index (χ4n) is 3.83. The number of carbonyl (C=O) groups excluding carboxylic acids is 1. The lowest BCUT2D eigenvalue weighted by molar-refractivity contribution is -0.120. The Labute approximate surface area is 190 Å². The lowest BCUT2D eigenvalue weighted by Crippen LogP contribution is -2.53. The van der Waals surface area contributed by atoms with E-state index in [1.807, 2.05) is 20.8 Å². The Balaban J connectivity index is 1.66. The van der Waals surface area contributed by atoms with E-state index in [9.17, 15) is 13.2 Å². The van der Waals surface area contributed by atoms with Gasteiger partial charge in [0, 0.05) is 57.3 Å². The van der Waals surface area contributed by atoms with Crippen LogP contribution in [0.5, 0.6) is 0 Å². The maximum absolute atomic E-state index is 13.0. The summed E-state index contributed by atoms with van der Waals surface area (Å²) in [5, 5.41) is 2.89. The van der Waals surface area contributed by atoms with Crippen LogP contribution >= 0.6 is 0 Å². The molecule has 10 heteroatoms. The molecule has 0 bridgehead atoms. The van der Waals surface area contributed by atoms with Gasteiger partial charge in [-0.25, -0.2) is 18.4 Å². The molecule has 2 heterocycles. The lowest BCUT2D eigenvalue weighted by Gasteiger charge is -2.37. The van der Waals surface area contributed by atoms with Crippen molar-refractivity contribution in [3.05, 3.63) is 42.2 Å². The van der Waals surface area contributed by atoms with Gasteiger partial charge in [0.15, 0.2) is 0 Å². The Bertz CT molecular complexity index is 1020. The quantitative estimate of drug-likeness (QED) is 0.643. The number of rotatable bonds is 8. The molecule has 1 aromatic carbocycles. The largest absolute Gasteiger partial charge is 0.338 e. The normalized spacial score (nSPS) is 16.2. The number of hydrogen-bond donors (Lipinski definition) is 1. The van der Waals surface area contributed by atoms with Gasteiger partial charge in [0.1, 0.15) is 0 Å². The van der Waals surface area contributed by atoms with E-state index in [0.29, 0.717) is 43.4 Å². The maximum atomic E-state index is 13.0.